The quantitative estimate of drug-likeness (QED) is 0.671. The van der Waals surface area contributed by atoms with Crippen molar-refractivity contribution in [2.45, 2.75) is 46.1 Å². The predicted molar refractivity (Wildman–Crippen MR) is 73.6 cm³/mol. The molecular weight excluding hydrogens is 228 g/mol. The standard InChI is InChI=1S/C14H28N2O2/c1-4-13(14(17)18-5-2)15-10-12(3)11-16-8-6-7-9-16/h12-13,15H,4-11H2,1-3H3. The number of hydrogen-bond donors (Lipinski definition) is 1. The number of ether oxygens (including phenoxy) is 1. The summed E-state index contributed by atoms with van der Waals surface area (Å²) in [6, 6.07) is -0.147. The highest BCUT2D eigenvalue weighted by atomic mass is 16.5. The van der Waals surface area contributed by atoms with Crippen LogP contribution in [-0.2, 0) is 9.53 Å². The highest BCUT2D eigenvalue weighted by molar-refractivity contribution is 5.75. The van der Waals surface area contributed by atoms with Crippen LogP contribution in [0.3, 0.4) is 0 Å². The fourth-order valence-electron chi connectivity index (χ4n) is 2.45. The summed E-state index contributed by atoms with van der Waals surface area (Å²) in [5.41, 5.74) is 0. The maximum atomic E-state index is 11.6. The summed E-state index contributed by atoms with van der Waals surface area (Å²) in [6.45, 7) is 11.0. The number of nitrogens with zero attached hydrogens (tertiary/aromatic N) is 1. The first-order chi connectivity index (χ1) is 8.67. The molecule has 0 aliphatic carbocycles. The van der Waals surface area contributed by atoms with Gasteiger partial charge in [-0.2, -0.15) is 0 Å². The zero-order chi connectivity index (χ0) is 13.4. The number of likely N-dealkylation sites (tertiary alicyclic amines) is 1. The summed E-state index contributed by atoms with van der Waals surface area (Å²) in [5, 5.41) is 3.33. The molecule has 106 valence electrons. The first-order valence-corrected chi connectivity index (χ1v) is 7.29. The Kier molecular flexibility index (Phi) is 7.28. The van der Waals surface area contributed by atoms with Gasteiger partial charge in [0.05, 0.1) is 6.61 Å². The zero-order valence-electron chi connectivity index (χ0n) is 12.1. The normalized spacial score (nSPS) is 19.7. The Bertz CT molecular complexity index is 240. The van der Waals surface area contributed by atoms with Crippen molar-refractivity contribution < 1.29 is 9.53 Å². The Morgan fingerprint density at radius 2 is 2.00 bits per heavy atom. The number of hydrogen-bond acceptors (Lipinski definition) is 4. The van der Waals surface area contributed by atoms with Gasteiger partial charge in [-0.1, -0.05) is 13.8 Å². The van der Waals surface area contributed by atoms with E-state index >= 15 is 0 Å². The van der Waals surface area contributed by atoms with Gasteiger partial charge in [0.2, 0.25) is 0 Å². The summed E-state index contributed by atoms with van der Waals surface area (Å²) in [6.07, 6.45) is 3.45. The third-order valence-electron chi connectivity index (χ3n) is 3.46. The van der Waals surface area contributed by atoms with Gasteiger partial charge in [-0.25, -0.2) is 0 Å². The molecule has 1 N–H and O–H groups in total. The van der Waals surface area contributed by atoms with Gasteiger partial charge < -0.3 is 15.0 Å². The van der Waals surface area contributed by atoms with E-state index in [1.54, 1.807) is 0 Å². The molecule has 0 bridgehead atoms. The summed E-state index contributed by atoms with van der Waals surface area (Å²) in [4.78, 5) is 14.1. The average molecular weight is 256 g/mol. The Morgan fingerprint density at radius 3 is 2.56 bits per heavy atom. The van der Waals surface area contributed by atoms with Crippen LogP contribution < -0.4 is 5.32 Å². The molecule has 1 rings (SSSR count). The molecule has 1 fully saturated rings. The largest absolute Gasteiger partial charge is 0.465 e. The molecule has 2 atom stereocenters. The molecule has 0 aromatic carbocycles. The summed E-state index contributed by atoms with van der Waals surface area (Å²) >= 11 is 0. The number of carbonyl (C=O) groups is 1. The first kappa shape index (κ1) is 15.4. The van der Waals surface area contributed by atoms with Crippen LogP contribution in [0.5, 0.6) is 0 Å². The summed E-state index contributed by atoms with van der Waals surface area (Å²) < 4.78 is 5.05. The lowest BCUT2D eigenvalue weighted by molar-refractivity contribution is -0.145. The molecule has 0 amide bonds. The molecular formula is C14H28N2O2. The van der Waals surface area contributed by atoms with Crippen LogP contribution in [0, 0.1) is 5.92 Å². The molecule has 0 aromatic rings. The number of carbonyl (C=O) groups excluding carboxylic acids is 1. The van der Waals surface area contributed by atoms with Crippen molar-refractivity contribution in [2.75, 3.05) is 32.8 Å². The molecule has 1 saturated heterocycles. The minimum atomic E-state index is -0.147. The number of nitrogens with one attached hydrogen (secondary N) is 1. The highest BCUT2D eigenvalue weighted by Crippen LogP contribution is 2.10. The summed E-state index contributed by atoms with van der Waals surface area (Å²) in [5.74, 6) is 0.458. The van der Waals surface area contributed by atoms with Crippen molar-refractivity contribution in [1.82, 2.24) is 10.2 Å². The van der Waals surface area contributed by atoms with Crippen LogP contribution in [0.2, 0.25) is 0 Å². The van der Waals surface area contributed by atoms with Gasteiger partial charge >= 0.3 is 5.97 Å². The number of esters is 1. The van der Waals surface area contributed by atoms with Crippen molar-refractivity contribution in [2.24, 2.45) is 5.92 Å². The SMILES string of the molecule is CCOC(=O)C(CC)NCC(C)CN1CCCC1. The van der Waals surface area contributed by atoms with E-state index in [2.05, 4.69) is 17.1 Å². The second-order valence-electron chi connectivity index (χ2n) is 5.23. The highest BCUT2D eigenvalue weighted by Gasteiger charge is 2.19. The van der Waals surface area contributed by atoms with Crippen LogP contribution in [-0.4, -0.2) is 49.7 Å². The van der Waals surface area contributed by atoms with Gasteiger partial charge in [0.25, 0.3) is 0 Å². The lowest BCUT2D eigenvalue weighted by Gasteiger charge is -2.22. The second-order valence-corrected chi connectivity index (χ2v) is 5.23. The van der Waals surface area contributed by atoms with Crippen molar-refractivity contribution in [3.8, 4) is 0 Å². The maximum absolute atomic E-state index is 11.6. The van der Waals surface area contributed by atoms with E-state index in [-0.39, 0.29) is 12.0 Å². The van der Waals surface area contributed by atoms with E-state index in [0.717, 1.165) is 19.5 Å². The molecule has 2 unspecified atom stereocenters. The molecule has 0 aromatic heterocycles. The first-order valence-electron chi connectivity index (χ1n) is 7.29. The van der Waals surface area contributed by atoms with Gasteiger partial charge in [0.1, 0.15) is 6.04 Å². The maximum Gasteiger partial charge on any atom is 0.323 e. The van der Waals surface area contributed by atoms with E-state index in [0.29, 0.717) is 12.5 Å². The lowest BCUT2D eigenvalue weighted by Crippen LogP contribution is -2.41. The molecule has 4 nitrogen and oxygen atoms in total. The molecule has 18 heavy (non-hydrogen) atoms. The third-order valence-corrected chi connectivity index (χ3v) is 3.46. The van der Waals surface area contributed by atoms with Crippen LogP contribution in [0.25, 0.3) is 0 Å². The molecule has 0 spiro atoms. The third kappa shape index (κ3) is 5.36. The second kappa shape index (κ2) is 8.48. The number of rotatable bonds is 8. The predicted octanol–water partition coefficient (Wildman–Crippen LogP) is 1.65. The average Bonchev–Trinajstić information content (AvgIpc) is 2.83. The van der Waals surface area contributed by atoms with Crippen molar-refractivity contribution in [1.29, 1.82) is 0 Å². The van der Waals surface area contributed by atoms with Gasteiger partial charge in [-0.05, 0) is 51.7 Å². The van der Waals surface area contributed by atoms with Crippen molar-refractivity contribution in [3.63, 3.8) is 0 Å². The Morgan fingerprint density at radius 1 is 1.33 bits per heavy atom. The van der Waals surface area contributed by atoms with E-state index in [4.69, 9.17) is 4.74 Å². The fraction of sp³-hybridized carbons (Fsp3) is 0.929. The van der Waals surface area contributed by atoms with Gasteiger partial charge in [0, 0.05) is 6.54 Å². The topological polar surface area (TPSA) is 41.6 Å². The molecule has 4 heteroatoms. The Labute approximate surface area is 111 Å². The Hall–Kier alpha value is -0.610. The van der Waals surface area contributed by atoms with Gasteiger partial charge in [-0.15, -0.1) is 0 Å². The van der Waals surface area contributed by atoms with Gasteiger partial charge in [0.15, 0.2) is 0 Å². The van der Waals surface area contributed by atoms with E-state index in [1.165, 1.54) is 25.9 Å². The minimum absolute atomic E-state index is 0.117. The van der Waals surface area contributed by atoms with Crippen molar-refractivity contribution in [3.05, 3.63) is 0 Å². The van der Waals surface area contributed by atoms with Crippen molar-refractivity contribution >= 4 is 5.97 Å². The molecule has 1 aliphatic rings. The smallest absolute Gasteiger partial charge is 0.323 e. The fourth-order valence-corrected chi connectivity index (χ4v) is 2.45. The molecule has 0 saturated carbocycles. The van der Waals surface area contributed by atoms with Crippen LogP contribution >= 0.6 is 0 Å². The van der Waals surface area contributed by atoms with Crippen LogP contribution in [0.4, 0.5) is 0 Å². The molecule has 1 heterocycles. The van der Waals surface area contributed by atoms with Crippen LogP contribution in [0.1, 0.15) is 40.0 Å². The summed E-state index contributed by atoms with van der Waals surface area (Å²) in [7, 11) is 0. The monoisotopic (exact) mass is 256 g/mol. The van der Waals surface area contributed by atoms with E-state index < -0.39 is 0 Å². The van der Waals surface area contributed by atoms with E-state index in [9.17, 15) is 4.79 Å². The van der Waals surface area contributed by atoms with E-state index in [1.807, 2.05) is 13.8 Å². The molecule has 1 aliphatic heterocycles. The van der Waals surface area contributed by atoms with Crippen LogP contribution in [0.15, 0.2) is 0 Å². The zero-order valence-corrected chi connectivity index (χ0v) is 12.1. The molecule has 0 radical (unpaired) electrons. The lowest BCUT2D eigenvalue weighted by atomic mass is 10.1. The Balaban J connectivity index is 2.21. The minimum Gasteiger partial charge on any atom is -0.465 e. The van der Waals surface area contributed by atoms with Gasteiger partial charge in [-0.3, -0.25) is 4.79 Å².